The summed E-state index contributed by atoms with van der Waals surface area (Å²) < 4.78 is 0. The molecule has 0 aliphatic carbocycles. The second-order valence-corrected chi connectivity index (χ2v) is 4.08. The van der Waals surface area contributed by atoms with E-state index in [2.05, 4.69) is 0 Å². The number of benzene rings is 1. The first kappa shape index (κ1) is 10.8. The highest BCUT2D eigenvalue weighted by atomic mass is 35.5. The minimum Gasteiger partial charge on any atom is -0.328 e. The molecule has 0 unspecified atom stereocenters. The van der Waals surface area contributed by atoms with Crippen molar-refractivity contribution in [2.24, 2.45) is 5.73 Å². The average molecular weight is 218 g/mol. The summed E-state index contributed by atoms with van der Waals surface area (Å²) in [5, 5.41) is 1.22. The van der Waals surface area contributed by atoms with E-state index in [1.807, 2.05) is 25.1 Å². The molecule has 1 nitrogen and oxygen atoms in total. The van der Waals surface area contributed by atoms with Crippen LogP contribution in [-0.2, 0) is 6.42 Å². The lowest BCUT2D eigenvalue weighted by atomic mass is 10.1. The molecule has 0 spiro atoms. The molecule has 1 aromatic rings. The van der Waals surface area contributed by atoms with Gasteiger partial charge < -0.3 is 5.73 Å². The highest BCUT2D eigenvalue weighted by molar-refractivity contribution is 6.42. The van der Waals surface area contributed by atoms with E-state index in [0.717, 1.165) is 12.8 Å². The van der Waals surface area contributed by atoms with Gasteiger partial charge in [0, 0.05) is 6.04 Å². The average Bonchev–Trinajstić information content (AvgIpc) is 2.07. The molecule has 1 atom stereocenters. The van der Waals surface area contributed by atoms with E-state index >= 15 is 0 Å². The van der Waals surface area contributed by atoms with Gasteiger partial charge in [0.05, 0.1) is 10.0 Å². The van der Waals surface area contributed by atoms with Gasteiger partial charge in [-0.05, 0) is 37.5 Å². The topological polar surface area (TPSA) is 26.0 Å². The molecule has 72 valence electrons. The Morgan fingerprint density at radius 3 is 2.54 bits per heavy atom. The first-order chi connectivity index (χ1) is 6.09. The third-order valence-electron chi connectivity index (χ3n) is 1.87. The van der Waals surface area contributed by atoms with Crippen molar-refractivity contribution in [3.63, 3.8) is 0 Å². The molecule has 0 aliphatic rings. The van der Waals surface area contributed by atoms with Crippen LogP contribution in [0.4, 0.5) is 0 Å². The van der Waals surface area contributed by atoms with Gasteiger partial charge in [0.15, 0.2) is 0 Å². The molecule has 1 rings (SSSR count). The summed E-state index contributed by atoms with van der Waals surface area (Å²) in [6.45, 7) is 2.00. The fourth-order valence-electron chi connectivity index (χ4n) is 1.09. The summed E-state index contributed by atoms with van der Waals surface area (Å²) in [5.41, 5.74) is 6.84. The van der Waals surface area contributed by atoms with E-state index in [9.17, 15) is 0 Å². The zero-order chi connectivity index (χ0) is 9.84. The largest absolute Gasteiger partial charge is 0.328 e. The number of aryl methyl sites for hydroxylation is 1. The smallest absolute Gasteiger partial charge is 0.0595 e. The van der Waals surface area contributed by atoms with Crippen molar-refractivity contribution in [1.82, 2.24) is 0 Å². The van der Waals surface area contributed by atoms with Crippen LogP contribution in [0.5, 0.6) is 0 Å². The first-order valence-corrected chi connectivity index (χ1v) is 5.04. The maximum absolute atomic E-state index is 5.87. The first-order valence-electron chi connectivity index (χ1n) is 4.29. The van der Waals surface area contributed by atoms with Crippen LogP contribution in [0.3, 0.4) is 0 Å². The highest BCUT2D eigenvalue weighted by Crippen LogP contribution is 2.23. The van der Waals surface area contributed by atoms with Crippen molar-refractivity contribution >= 4 is 23.2 Å². The Bertz CT molecular complexity index is 284. The second-order valence-electron chi connectivity index (χ2n) is 3.26. The Labute approximate surface area is 88.8 Å². The molecule has 3 heteroatoms. The van der Waals surface area contributed by atoms with Gasteiger partial charge in [-0.1, -0.05) is 29.3 Å². The number of nitrogens with two attached hydrogens (primary N) is 1. The maximum Gasteiger partial charge on any atom is 0.0595 e. The quantitative estimate of drug-likeness (QED) is 0.827. The summed E-state index contributed by atoms with van der Waals surface area (Å²) in [7, 11) is 0. The van der Waals surface area contributed by atoms with E-state index in [1.165, 1.54) is 5.56 Å². The van der Waals surface area contributed by atoms with Crippen LogP contribution < -0.4 is 5.73 Å². The van der Waals surface area contributed by atoms with Gasteiger partial charge in [-0.3, -0.25) is 0 Å². The summed E-state index contributed by atoms with van der Waals surface area (Å²) in [5.74, 6) is 0. The molecule has 1 aromatic carbocycles. The van der Waals surface area contributed by atoms with Crippen molar-refractivity contribution in [3.05, 3.63) is 33.8 Å². The number of halogens is 2. The third-order valence-corrected chi connectivity index (χ3v) is 2.61. The van der Waals surface area contributed by atoms with E-state index < -0.39 is 0 Å². The molecule has 13 heavy (non-hydrogen) atoms. The van der Waals surface area contributed by atoms with Crippen LogP contribution >= 0.6 is 23.2 Å². The highest BCUT2D eigenvalue weighted by Gasteiger charge is 2.00. The summed E-state index contributed by atoms with van der Waals surface area (Å²) in [4.78, 5) is 0. The fourth-order valence-corrected chi connectivity index (χ4v) is 1.41. The lowest BCUT2D eigenvalue weighted by molar-refractivity contribution is 0.666. The Morgan fingerprint density at radius 2 is 2.00 bits per heavy atom. The molecule has 0 saturated carbocycles. The molecule has 0 fully saturated rings. The van der Waals surface area contributed by atoms with Gasteiger partial charge in [-0.25, -0.2) is 0 Å². The second kappa shape index (κ2) is 4.85. The molecular weight excluding hydrogens is 205 g/mol. The maximum atomic E-state index is 5.87. The Kier molecular flexibility index (Phi) is 4.04. The van der Waals surface area contributed by atoms with Gasteiger partial charge in [0.1, 0.15) is 0 Å². The van der Waals surface area contributed by atoms with Crippen molar-refractivity contribution in [2.75, 3.05) is 0 Å². The van der Waals surface area contributed by atoms with Gasteiger partial charge in [0.2, 0.25) is 0 Å². The molecule has 2 N–H and O–H groups in total. The van der Waals surface area contributed by atoms with Crippen molar-refractivity contribution in [3.8, 4) is 0 Å². The zero-order valence-corrected chi connectivity index (χ0v) is 9.07. The van der Waals surface area contributed by atoms with Crippen molar-refractivity contribution < 1.29 is 0 Å². The number of hydrogen-bond acceptors (Lipinski definition) is 1. The molecule has 0 bridgehead atoms. The molecule has 0 amide bonds. The lowest BCUT2D eigenvalue weighted by Gasteiger charge is -2.05. The van der Waals surface area contributed by atoms with Crippen molar-refractivity contribution in [1.29, 1.82) is 0 Å². The minimum absolute atomic E-state index is 0.231. The van der Waals surface area contributed by atoms with Gasteiger partial charge in [0.25, 0.3) is 0 Å². The Hall–Kier alpha value is -0.240. The van der Waals surface area contributed by atoms with Gasteiger partial charge in [-0.15, -0.1) is 0 Å². The van der Waals surface area contributed by atoms with E-state index in [4.69, 9.17) is 28.9 Å². The molecule has 0 saturated heterocycles. The molecule has 0 heterocycles. The van der Waals surface area contributed by atoms with E-state index in [0.29, 0.717) is 10.0 Å². The standard InChI is InChI=1S/C10H13Cl2N/c1-7(13)2-3-8-4-5-9(11)10(12)6-8/h4-7H,2-3,13H2,1H3/t7-/m1/s1. The monoisotopic (exact) mass is 217 g/mol. The van der Waals surface area contributed by atoms with E-state index in [-0.39, 0.29) is 6.04 Å². The number of rotatable bonds is 3. The number of hydrogen-bond donors (Lipinski definition) is 1. The zero-order valence-electron chi connectivity index (χ0n) is 7.56. The van der Waals surface area contributed by atoms with Crippen molar-refractivity contribution in [2.45, 2.75) is 25.8 Å². The molecule has 0 aliphatic heterocycles. The van der Waals surface area contributed by atoms with Crippen LogP contribution in [0.15, 0.2) is 18.2 Å². The third kappa shape index (κ3) is 3.55. The van der Waals surface area contributed by atoms with Crippen LogP contribution in [0, 0.1) is 0 Å². The Balaban J connectivity index is 2.63. The SMILES string of the molecule is C[C@@H](N)CCc1ccc(Cl)c(Cl)c1. The van der Waals surface area contributed by atoms with Crippen LogP contribution in [0.1, 0.15) is 18.9 Å². The fraction of sp³-hybridized carbons (Fsp3) is 0.400. The van der Waals surface area contributed by atoms with Crippen LogP contribution in [0.25, 0.3) is 0 Å². The lowest BCUT2D eigenvalue weighted by Crippen LogP contribution is -2.15. The minimum atomic E-state index is 0.231. The summed E-state index contributed by atoms with van der Waals surface area (Å²) >= 11 is 11.7. The molecule has 0 aromatic heterocycles. The molecular formula is C10H13Cl2N. The molecule has 0 radical (unpaired) electrons. The van der Waals surface area contributed by atoms with E-state index in [1.54, 1.807) is 0 Å². The summed E-state index contributed by atoms with van der Waals surface area (Å²) in [6, 6.07) is 5.93. The summed E-state index contributed by atoms with van der Waals surface area (Å²) in [6.07, 6.45) is 1.92. The normalized spacial score (nSPS) is 12.9. The Morgan fingerprint density at radius 1 is 1.31 bits per heavy atom. The predicted octanol–water partition coefficient (Wildman–Crippen LogP) is 3.27. The van der Waals surface area contributed by atoms with Gasteiger partial charge >= 0.3 is 0 Å². The van der Waals surface area contributed by atoms with Gasteiger partial charge in [-0.2, -0.15) is 0 Å². The van der Waals surface area contributed by atoms with Crippen LogP contribution in [0.2, 0.25) is 10.0 Å². The predicted molar refractivity (Wildman–Crippen MR) is 58.4 cm³/mol. The van der Waals surface area contributed by atoms with Crippen LogP contribution in [-0.4, -0.2) is 6.04 Å².